The van der Waals surface area contributed by atoms with Crippen LogP contribution in [0.15, 0.2) is 64.2 Å². The first-order chi connectivity index (χ1) is 13.2. The number of carbonyl (C=O) groups is 1. The Morgan fingerprint density at radius 2 is 1.89 bits per heavy atom. The van der Waals surface area contributed by atoms with Crippen LogP contribution < -0.4 is 4.90 Å². The number of rotatable bonds is 7. The number of thioether (sulfide) groups is 1. The van der Waals surface area contributed by atoms with Crippen molar-refractivity contribution in [2.24, 2.45) is 0 Å². The van der Waals surface area contributed by atoms with Crippen molar-refractivity contribution in [1.82, 2.24) is 10.2 Å². The normalized spacial score (nSPS) is 10.4. The van der Waals surface area contributed by atoms with Crippen LogP contribution in [0, 0.1) is 18.3 Å². The molecule has 1 amide bonds. The quantitative estimate of drug-likeness (QED) is 0.576. The van der Waals surface area contributed by atoms with E-state index in [-0.39, 0.29) is 18.1 Å². The highest BCUT2D eigenvalue weighted by Crippen LogP contribution is 2.26. The molecule has 2 aromatic carbocycles. The third-order valence-electron chi connectivity index (χ3n) is 3.92. The summed E-state index contributed by atoms with van der Waals surface area (Å²) in [6.07, 6.45) is 0.267. The monoisotopic (exact) mass is 378 g/mol. The van der Waals surface area contributed by atoms with Crippen LogP contribution >= 0.6 is 11.8 Å². The number of amides is 1. The molecule has 0 fully saturated rings. The predicted octanol–water partition coefficient (Wildman–Crippen LogP) is 4.08. The summed E-state index contributed by atoms with van der Waals surface area (Å²) in [5.74, 6) is 0.472. The van der Waals surface area contributed by atoms with E-state index in [9.17, 15) is 4.79 Å². The zero-order valence-corrected chi connectivity index (χ0v) is 15.6. The SMILES string of the molecule is Cc1ccccc1-c1nnc(SCC(=O)N(CCC#N)c2ccccc2)o1. The third kappa shape index (κ3) is 4.74. The fraction of sp³-hybridized carbons (Fsp3) is 0.200. The number of nitrogens with zero attached hydrogens (tertiary/aromatic N) is 4. The number of carbonyl (C=O) groups excluding carboxylic acids is 1. The van der Waals surface area contributed by atoms with Crippen molar-refractivity contribution in [3.63, 3.8) is 0 Å². The van der Waals surface area contributed by atoms with Gasteiger partial charge in [-0.15, -0.1) is 10.2 Å². The first kappa shape index (κ1) is 18.7. The molecule has 0 saturated heterocycles. The van der Waals surface area contributed by atoms with E-state index in [1.807, 2.05) is 61.5 Å². The van der Waals surface area contributed by atoms with Gasteiger partial charge in [0.1, 0.15) is 0 Å². The molecule has 0 bridgehead atoms. The molecule has 1 heterocycles. The zero-order chi connectivity index (χ0) is 19.1. The van der Waals surface area contributed by atoms with E-state index >= 15 is 0 Å². The molecular weight excluding hydrogens is 360 g/mol. The van der Waals surface area contributed by atoms with Crippen LogP contribution in [0.1, 0.15) is 12.0 Å². The minimum Gasteiger partial charge on any atom is -0.411 e. The number of aryl methyl sites for hydroxylation is 1. The van der Waals surface area contributed by atoms with E-state index in [1.54, 1.807) is 4.90 Å². The summed E-state index contributed by atoms with van der Waals surface area (Å²) >= 11 is 1.19. The first-order valence-electron chi connectivity index (χ1n) is 8.43. The molecular formula is C20H18N4O2S. The van der Waals surface area contributed by atoms with Crippen molar-refractivity contribution in [1.29, 1.82) is 5.26 Å². The van der Waals surface area contributed by atoms with Crippen molar-refractivity contribution < 1.29 is 9.21 Å². The molecule has 3 aromatic rings. The largest absolute Gasteiger partial charge is 0.411 e. The molecule has 0 atom stereocenters. The summed E-state index contributed by atoms with van der Waals surface area (Å²) in [5.41, 5.74) is 2.69. The summed E-state index contributed by atoms with van der Waals surface area (Å²) in [4.78, 5) is 14.3. The Hall–Kier alpha value is -3.11. The summed E-state index contributed by atoms with van der Waals surface area (Å²) < 4.78 is 5.69. The smallest absolute Gasteiger partial charge is 0.277 e. The van der Waals surface area contributed by atoms with Gasteiger partial charge in [0.2, 0.25) is 11.8 Å². The molecule has 0 saturated carbocycles. The van der Waals surface area contributed by atoms with Gasteiger partial charge in [-0.3, -0.25) is 4.79 Å². The molecule has 0 spiro atoms. The van der Waals surface area contributed by atoms with Gasteiger partial charge in [-0.2, -0.15) is 5.26 Å². The zero-order valence-electron chi connectivity index (χ0n) is 14.8. The number of para-hydroxylation sites is 1. The van der Waals surface area contributed by atoms with Gasteiger partial charge in [0.25, 0.3) is 5.22 Å². The fourth-order valence-electron chi connectivity index (χ4n) is 2.56. The standard InChI is InChI=1S/C20H18N4O2S/c1-15-8-5-6-11-17(15)19-22-23-20(26-19)27-14-18(25)24(13-7-12-21)16-9-3-2-4-10-16/h2-6,8-11H,7,13-14H2,1H3. The first-order valence-corrected chi connectivity index (χ1v) is 9.42. The lowest BCUT2D eigenvalue weighted by Gasteiger charge is -2.21. The van der Waals surface area contributed by atoms with E-state index in [4.69, 9.17) is 9.68 Å². The molecule has 0 aliphatic rings. The maximum Gasteiger partial charge on any atom is 0.277 e. The molecule has 0 aliphatic heterocycles. The number of anilines is 1. The maximum atomic E-state index is 12.7. The van der Waals surface area contributed by atoms with E-state index < -0.39 is 0 Å². The van der Waals surface area contributed by atoms with Crippen molar-refractivity contribution in [2.75, 3.05) is 17.2 Å². The average molecular weight is 378 g/mol. The van der Waals surface area contributed by atoms with E-state index in [1.165, 1.54) is 11.8 Å². The molecule has 6 nitrogen and oxygen atoms in total. The number of hydrogen-bond acceptors (Lipinski definition) is 6. The lowest BCUT2D eigenvalue weighted by atomic mass is 10.1. The summed E-state index contributed by atoms with van der Waals surface area (Å²) in [7, 11) is 0. The minimum absolute atomic E-state index is 0.114. The summed E-state index contributed by atoms with van der Waals surface area (Å²) in [6.45, 7) is 2.32. The molecule has 0 aliphatic carbocycles. The van der Waals surface area contributed by atoms with Crippen molar-refractivity contribution in [2.45, 2.75) is 18.6 Å². The Balaban J connectivity index is 1.67. The van der Waals surface area contributed by atoms with E-state index in [0.29, 0.717) is 17.7 Å². The van der Waals surface area contributed by atoms with Gasteiger partial charge in [0, 0.05) is 17.8 Å². The predicted molar refractivity (Wildman–Crippen MR) is 104 cm³/mol. The second kappa shape index (κ2) is 9.01. The number of hydrogen-bond donors (Lipinski definition) is 0. The van der Waals surface area contributed by atoms with E-state index in [0.717, 1.165) is 16.8 Å². The maximum absolute atomic E-state index is 12.7. The molecule has 3 rings (SSSR count). The van der Waals surface area contributed by atoms with Gasteiger partial charge in [-0.25, -0.2) is 0 Å². The van der Waals surface area contributed by atoms with Crippen LogP contribution in [-0.2, 0) is 4.79 Å². The van der Waals surface area contributed by atoms with Gasteiger partial charge >= 0.3 is 0 Å². The van der Waals surface area contributed by atoms with Crippen LogP contribution in [0.4, 0.5) is 5.69 Å². The van der Waals surface area contributed by atoms with Crippen molar-refractivity contribution in [3.8, 4) is 17.5 Å². The molecule has 0 radical (unpaired) electrons. The third-order valence-corrected chi connectivity index (χ3v) is 4.72. The molecule has 27 heavy (non-hydrogen) atoms. The number of benzene rings is 2. The van der Waals surface area contributed by atoms with Gasteiger partial charge in [-0.05, 0) is 30.7 Å². The highest BCUT2D eigenvalue weighted by Gasteiger charge is 2.18. The Labute approximate surface area is 161 Å². The van der Waals surface area contributed by atoms with Crippen LogP contribution in [-0.4, -0.2) is 28.4 Å². The fourth-order valence-corrected chi connectivity index (χ4v) is 3.20. The van der Waals surface area contributed by atoms with E-state index in [2.05, 4.69) is 16.3 Å². The van der Waals surface area contributed by atoms with Crippen LogP contribution in [0.25, 0.3) is 11.5 Å². The van der Waals surface area contributed by atoms with Crippen molar-refractivity contribution >= 4 is 23.4 Å². The lowest BCUT2D eigenvalue weighted by molar-refractivity contribution is -0.116. The number of nitriles is 1. The molecule has 1 aromatic heterocycles. The number of aromatic nitrogens is 2. The highest BCUT2D eigenvalue weighted by atomic mass is 32.2. The minimum atomic E-state index is -0.114. The van der Waals surface area contributed by atoms with Crippen LogP contribution in [0.5, 0.6) is 0 Å². The van der Waals surface area contributed by atoms with Gasteiger partial charge in [-0.1, -0.05) is 48.2 Å². The Morgan fingerprint density at radius 1 is 1.15 bits per heavy atom. The average Bonchev–Trinajstić information content (AvgIpc) is 3.16. The Bertz CT molecular complexity index is 950. The molecule has 136 valence electrons. The van der Waals surface area contributed by atoms with Crippen molar-refractivity contribution in [3.05, 3.63) is 60.2 Å². The molecule has 7 heteroatoms. The Kier molecular flexibility index (Phi) is 6.23. The molecule has 0 unspecified atom stereocenters. The highest BCUT2D eigenvalue weighted by molar-refractivity contribution is 7.99. The summed E-state index contributed by atoms with van der Waals surface area (Å²) in [5, 5.41) is 17.3. The van der Waals surface area contributed by atoms with Gasteiger partial charge in [0.15, 0.2) is 0 Å². The second-order valence-electron chi connectivity index (χ2n) is 5.77. The van der Waals surface area contributed by atoms with Gasteiger partial charge < -0.3 is 9.32 Å². The van der Waals surface area contributed by atoms with Crippen LogP contribution in [0.3, 0.4) is 0 Å². The Morgan fingerprint density at radius 3 is 2.63 bits per heavy atom. The topological polar surface area (TPSA) is 83.0 Å². The second-order valence-corrected chi connectivity index (χ2v) is 6.69. The van der Waals surface area contributed by atoms with Gasteiger partial charge in [0.05, 0.1) is 18.2 Å². The molecule has 0 N–H and O–H groups in total. The summed E-state index contributed by atoms with van der Waals surface area (Å²) in [6, 6.07) is 19.1. The lowest BCUT2D eigenvalue weighted by Crippen LogP contribution is -2.33. The van der Waals surface area contributed by atoms with Crippen LogP contribution in [0.2, 0.25) is 0 Å².